The molecule has 88 valence electrons. The molecule has 1 rings (SSSR count). The lowest BCUT2D eigenvalue weighted by atomic mass is 10.1. The molecule has 2 N–H and O–H groups in total. The third kappa shape index (κ3) is 3.98. The van der Waals surface area contributed by atoms with E-state index < -0.39 is 5.97 Å². The van der Waals surface area contributed by atoms with Crippen LogP contribution in [-0.4, -0.2) is 28.0 Å². The number of thiazole rings is 1. The number of nitrogens with zero attached hydrogens (tertiary/aromatic N) is 1. The fraction of sp³-hybridized carbons (Fsp3) is 0.500. The fourth-order valence-corrected chi connectivity index (χ4v) is 1.90. The Balaban J connectivity index is 2.54. The van der Waals surface area contributed by atoms with Crippen molar-refractivity contribution in [1.82, 2.24) is 10.3 Å². The molecule has 1 atom stereocenters. The lowest BCUT2D eigenvalue weighted by Gasteiger charge is -2.14. The van der Waals surface area contributed by atoms with Gasteiger partial charge in [0.25, 0.3) is 5.91 Å². The Hall–Kier alpha value is -1.43. The molecule has 6 heteroatoms. The zero-order chi connectivity index (χ0) is 12.0. The van der Waals surface area contributed by atoms with Crippen LogP contribution in [0, 0.1) is 0 Å². The standard InChI is InChI=1S/C10H14N2O3S/c1-2-3-7(4-9(13)14)12-10(15)8-5-16-6-11-8/h5-7H,2-4H2,1H3,(H,12,15)(H,13,14). The topological polar surface area (TPSA) is 79.3 Å². The summed E-state index contributed by atoms with van der Waals surface area (Å²) in [5.41, 5.74) is 1.91. The SMILES string of the molecule is CCCC(CC(=O)O)NC(=O)c1cscn1. The van der Waals surface area contributed by atoms with Crippen LogP contribution in [0.25, 0.3) is 0 Å². The first-order chi connectivity index (χ1) is 7.63. The third-order valence-corrected chi connectivity index (χ3v) is 2.64. The molecule has 1 amide bonds. The van der Waals surface area contributed by atoms with Gasteiger partial charge in [0.15, 0.2) is 0 Å². The van der Waals surface area contributed by atoms with Crippen LogP contribution in [-0.2, 0) is 4.79 Å². The van der Waals surface area contributed by atoms with Gasteiger partial charge in [-0.05, 0) is 6.42 Å². The summed E-state index contributed by atoms with van der Waals surface area (Å²) in [6.45, 7) is 1.95. The number of carbonyl (C=O) groups is 2. The molecule has 1 heterocycles. The van der Waals surface area contributed by atoms with E-state index in [-0.39, 0.29) is 18.4 Å². The van der Waals surface area contributed by atoms with Gasteiger partial charge in [-0.3, -0.25) is 9.59 Å². The largest absolute Gasteiger partial charge is 0.481 e. The molecule has 0 saturated heterocycles. The number of nitrogens with one attached hydrogen (secondary N) is 1. The molecule has 0 bridgehead atoms. The molecule has 0 radical (unpaired) electrons. The second-order valence-corrected chi connectivity index (χ2v) is 4.15. The van der Waals surface area contributed by atoms with E-state index in [9.17, 15) is 9.59 Å². The van der Waals surface area contributed by atoms with E-state index in [1.54, 1.807) is 10.9 Å². The Labute approximate surface area is 97.5 Å². The summed E-state index contributed by atoms with van der Waals surface area (Å²) in [7, 11) is 0. The number of carboxylic acids is 1. The maximum Gasteiger partial charge on any atom is 0.305 e. The Morgan fingerprint density at radius 3 is 2.88 bits per heavy atom. The minimum absolute atomic E-state index is 0.0519. The normalized spacial score (nSPS) is 12.1. The molecule has 0 saturated carbocycles. The van der Waals surface area contributed by atoms with Crippen LogP contribution in [0.15, 0.2) is 10.9 Å². The van der Waals surface area contributed by atoms with Gasteiger partial charge < -0.3 is 10.4 Å². The number of hydrogen-bond donors (Lipinski definition) is 2. The third-order valence-electron chi connectivity index (χ3n) is 2.06. The molecule has 1 aromatic heterocycles. The highest BCUT2D eigenvalue weighted by Crippen LogP contribution is 2.05. The van der Waals surface area contributed by atoms with E-state index in [0.29, 0.717) is 12.1 Å². The highest BCUT2D eigenvalue weighted by atomic mass is 32.1. The van der Waals surface area contributed by atoms with Gasteiger partial charge in [0.1, 0.15) is 5.69 Å². The van der Waals surface area contributed by atoms with Gasteiger partial charge >= 0.3 is 5.97 Å². The molecular formula is C10H14N2O3S. The van der Waals surface area contributed by atoms with Gasteiger partial charge in [-0.2, -0.15) is 0 Å². The quantitative estimate of drug-likeness (QED) is 0.792. The van der Waals surface area contributed by atoms with Crippen LogP contribution >= 0.6 is 11.3 Å². The zero-order valence-electron chi connectivity index (χ0n) is 8.97. The molecule has 16 heavy (non-hydrogen) atoms. The van der Waals surface area contributed by atoms with E-state index in [2.05, 4.69) is 10.3 Å². The van der Waals surface area contributed by atoms with Crippen molar-refractivity contribution in [3.05, 3.63) is 16.6 Å². The molecule has 0 aromatic carbocycles. The second kappa shape index (κ2) is 6.22. The van der Waals surface area contributed by atoms with Gasteiger partial charge in [-0.15, -0.1) is 11.3 Å². The summed E-state index contributed by atoms with van der Waals surface area (Å²) in [5.74, 6) is -1.21. The van der Waals surface area contributed by atoms with Gasteiger partial charge in [-0.1, -0.05) is 13.3 Å². The number of aliphatic carboxylic acids is 1. The van der Waals surface area contributed by atoms with E-state index >= 15 is 0 Å². The monoisotopic (exact) mass is 242 g/mol. The number of aromatic nitrogens is 1. The molecule has 0 spiro atoms. The minimum Gasteiger partial charge on any atom is -0.481 e. The molecule has 0 aliphatic rings. The summed E-state index contributed by atoms with van der Waals surface area (Å²) < 4.78 is 0. The second-order valence-electron chi connectivity index (χ2n) is 3.43. The highest BCUT2D eigenvalue weighted by Gasteiger charge is 2.16. The van der Waals surface area contributed by atoms with Crippen molar-refractivity contribution >= 4 is 23.2 Å². The Bertz CT molecular complexity index is 351. The van der Waals surface area contributed by atoms with Crippen LogP contribution in [0.5, 0.6) is 0 Å². The van der Waals surface area contributed by atoms with Crippen molar-refractivity contribution in [2.45, 2.75) is 32.2 Å². The van der Waals surface area contributed by atoms with Gasteiger partial charge in [0.2, 0.25) is 0 Å². The highest BCUT2D eigenvalue weighted by molar-refractivity contribution is 7.07. The van der Waals surface area contributed by atoms with Crippen molar-refractivity contribution < 1.29 is 14.7 Å². The maximum absolute atomic E-state index is 11.6. The van der Waals surface area contributed by atoms with Crippen molar-refractivity contribution in [2.24, 2.45) is 0 Å². The predicted octanol–water partition coefficient (Wildman–Crippen LogP) is 1.52. The zero-order valence-corrected chi connectivity index (χ0v) is 9.79. The van der Waals surface area contributed by atoms with E-state index in [1.165, 1.54) is 11.3 Å². The Morgan fingerprint density at radius 1 is 1.62 bits per heavy atom. The average Bonchev–Trinajstić information content (AvgIpc) is 2.69. The number of carboxylic acid groups (broad SMARTS) is 1. The van der Waals surface area contributed by atoms with Crippen LogP contribution in [0.3, 0.4) is 0 Å². The maximum atomic E-state index is 11.6. The van der Waals surface area contributed by atoms with Crippen LogP contribution in [0.4, 0.5) is 0 Å². The van der Waals surface area contributed by atoms with Crippen LogP contribution in [0.1, 0.15) is 36.7 Å². The average molecular weight is 242 g/mol. The fourth-order valence-electron chi connectivity index (χ4n) is 1.37. The van der Waals surface area contributed by atoms with Gasteiger partial charge in [0.05, 0.1) is 11.9 Å². The number of rotatable bonds is 6. The van der Waals surface area contributed by atoms with Crippen molar-refractivity contribution in [3.63, 3.8) is 0 Å². The van der Waals surface area contributed by atoms with E-state index in [4.69, 9.17) is 5.11 Å². The van der Waals surface area contributed by atoms with Crippen molar-refractivity contribution in [3.8, 4) is 0 Å². The molecule has 0 aliphatic heterocycles. The molecule has 1 aromatic rings. The summed E-state index contributed by atoms with van der Waals surface area (Å²) in [6.07, 6.45) is 1.43. The van der Waals surface area contributed by atoms with Gasteiger partial charge in [0, 0.05) is 11.4 Å². The lowest BCUT2D eigenvalue weighted by Crippen LogP contribution is -2.36. The lowest BCUT2D eigenvalue weighted by molar-refractivity contribution is -0.137. The molecule has 0 fully saturated rings. The Morgan fingerprint density at radius 2 is 2.38 bits per heavy atom. The Kier molecular flexibility index (Phi) is 4.91. The summed E-state index contributed by atoms with van der Waals surface area (Å²) in [5, 5.41) is 13.0. The van der Waals surface area contributed by atoms with E-state index in [0.717, 1.165) is 6.42 Å². The minimum atomic E-state index is -0.906. The first-order valence-electron chi connectivity index (χ1n) is 5.04. The molecular weight excluding hydrogens is 228 g/mol. The van der Waals surface area contributed by atoms with Crippen molar-refractivity contribution in [1.29, 1.82) is 0 Å². The van der Waals surface area contributed by atoms with Crippen LogP contribution in [0.2, 0.25) is 0 Å². The number of hydrogen-bond acceptors (Lipinski definition) is 4. The number of amides is 1. The molecule has 0 aliphatic carbocycles. The summed E-state index contributed by atoms with van der Waals surface area (Å²) >= 11 is 1.33. The molecule has 1 unspecified atom stereocenters. The van der Waals surface area contributed by atoms with Crippen molar-refractivity contribution in [2.75, 3.05) is 0 Å². The first-order valence-corrected chi connectivity index (χ1v) is 5.98. The van der Waals surface area contributed by atoms with Crippen LogP contribution < -0.4 is 5.32 Å². The van der Waals surface area contributed by atoms with E-state index in [1.807, 2.05) is 6.92 Å². The smallest absolute Gasteiger partial charge is 0.305 e. The number of carbonyl (C=O) groups excluding carboxylic acids is 1. The predicted molar refractivity (Wildman–Crippen MR) is 60.5 cm³/mol. The molecule has 5 nitrogen and oxygen atoms in total. The van der Waals surface area contributed by atoms with Gasteiger partial charge in [-0.25, -0.2) is 4.98 Å². The summed E-state index contributed by atoms with van der Waals surface area (Å²) in [6, 6.07) is -0.323. The first kappa shape index (κ1) is 12.6. The summed E-state index contributed by atoms with van der Waals surface area (Å²) in [4.78, 5) is 26.1.